The van der Waals surface area contributed by atoms with E-state index in [1.54, 1.807) is 11.8 Å². The normalized spacial score (nSPS) is 17.9. The number of carbonyl (C=O) groups excluding carboxylic acids is 1. The summed E-state index contributed by atoms with van der Waals surface area (Å²) in [7, 11) is 0. The average molecular weight is 342 g/mol. The molecule has 24 heavy (non-hydrogen) atoms. The van der Waals surface area contributed by atoms with Crippen molar-refractivity contribution in [1.29, 1.82) is 0 Å². The van der Waals surface area contributed by atoms with Crippen molar-refractivity contribution < 1.29 is 18.0 Å². The number of alkyl halides is 3. The van der Waals surface area contributed by atoms with Crippen LogP contribution in [0.25, 0.3) is 0 Å². The Balaban J connectivity index is 1.59. The zero-order chi connectivity index (χ0) is 17.3. The van der Waals surface area contributed by atoms with Crippen molar-refractivity contribution in [2.75, 3.05) is 13.1 Å². The first kappa shape index (κ1) is 16.5. The van der Waals surface area contributed by atoms with Crippen molar-refractivity contribution in [2.24, 2.45) is 0 Å². The van der Waals surface area contributed by atoms with Gasteiger partial charge >= 0.3 is 6.18 Å². The van der Waals surface area contributed by atoms with Crippen molar-refractivity contribution in [3.05, 3.63) is 30.6 Å². The van der Waals surface area contributed by atoms with Crippen LogP contribution in [0.3, 0.4) is 0 Å². The average Bonchev–Trinajstić information content (AvgIpc) is 3.24. The number of aromatic nitrogens is 5. The van der Waals surface area contributed by atoms with Gasteiger partial charge in [-0.05, 0) is 25.8 Å². The van der Waals surface area contributed by atoms with Crippen LogP contribution in [0, 0.1) is 0 Å². The lowest BCUT2D eigenvalue weighted by atomic mass is 10.0. The zero-order valence-corrected chi connectivity index (χ0v) is 13.0. The number of likely N-dealkylation sites (tertiary alicyclic amines) is 1. The lowest BCUT2D eigenvalue weighted by Gasteiger charge is -2.33. The molecule has 130 valence electrons. The number of carbonyl (C=O) groups is 1. The van der Waals surface area contributed by atoms with Gasteiger partial charge in [0, 0.05) is 19.3 Å². The summed E-state index contributed by atoms with van der Waals surface area (Å²) >= 11 is 0. The summed E-state index contributed by atoms with van der Waals surface area (Å²) in [6, 6.07) is 0.391. The number of rotatable bonds is 3. The topological polar surface area (TPSA) is 68.8 Å². The second-order valence-corrected chi connectivity index (χ2v) is 5.79. The zero-order valence-electron chi connectivity index (χ0n) is 13.0. The van der Waals surface area contributed by atoms with Gasteiger partial charge in [-0.3, -0.25) is 9.48 Å². The molecular weight excluding hydrogens is 325 g/mol. The van der Waals surface area contributed by atoms with Crippen LogP contribution in [0.1, 0.15) is 37.5 Å². The van der Waals surface area contributed by atoms with Crippen molar-refractivity contribution >= 4 is 5.91 Å². The minimum absolute atomic E-state index is 0.0737. The summed E-state index contributed by atoms with van der Waals surface area (Å²) in [4.78, 5) is 18.0. The van der Waals surface area contributed by atoms with Crippen LogP contribution >= 0.6 is 0 Å². The summed E-state index contributed by atoms with van der Waals surface area (Å²) < 4.78 is 40.7. The molecule has 2 aromatic heterocycles. The summed E-state index contributed by atoms with van der Waals surface area (Å²) in [5.41, 5.74) is -0.888. The minimum atomic E-state index is -4.44. The van der Waals surface area contributed by atoms with Gasteiger partial charge in [0.1, 0.15) is 18.7 Å². The number of hydrogen-bond donors (Lipinski definition) is 0. The highest BCUT2D eigenvalue weighted by atomic mass is 19.4. The smallest absolute Gasteiger partial charge is 0.341 e. The maximum atomic E-state index is 12.6. The van der Waals surface area contributed by atoms with Gasteiger partial charge in [0.25, 0.3) is 0 Å². The third-order valence-electron chi connectivity index (χ3n) is 4.24. The molecule has 0 radical (unpaired) electrons. The monoisotopic (exact) mass is 342 g/mol. The summed E-state index contributed by atoms with van der Waals surface area (Å²) in [6.45, 7) is 2.69. The van der Waals surface area contributed by atoms with Gasteiger partial charge in [-0.15, -0.1) is 0 Å². The summed E-state index contributed by atoms with van der Waals surface area (Å²) in [5.74, 6) is -0.0737. The summed E-state index contributed by atoms with van der Waals surface area (Å²) in [5, 5.41) is 7.57. The SMILES string of the molecule is C[C@H](C(=O)N1CCC(n2ccc(C(F)(F)F)n2)CC1)n1cncn1. The van der Waals surface area contributed by atoms with Gasteiger partial charge in [-0.1, -0.05) is 0 Å². The molecule has 1 aliphatic heterocycles. The molecule has 0 bridgehead atoms. The first-order valence-electron chi connectivity index (χ1n) is 7.61. The molecule has 0 unspecified atom stereocenters. The van der Waals surface area contributed by atoms with Gasteiger partial charge in [-0.2, -0.15) is 23.4 Å². The standard InChI is InChI=1S/C14H17F3N6O/c1-10(23-9-18-8-19-23)13(24)21-5-2-11(3-6-21)22-7-4-12(20-22)14(15,16)17/h4,7-11H,2-3,5-6H2,1H3/t10-/m1/s1. The van der Waals surface area contributed by atoms with Crippen LogP contribution < -0.4 is 0 Å². The summed E-state index contributed by atoms with van der Waals surface area (Å²) in [6.07, 6.45) is 0.894. The number of nitrogens with zero attached hydrogens (tertiary/aromatic N) is 6. The van der Waals surface area contributed by atoms with E-state index in [0.29, 0.717) is 25.9 Å². The highest BCUT2D eigenvalue weighted by Crippen LogP contribution is 2.30. The molecule has 0 spiro atoms. The fraction of sp³-hybridized carbons (Fsp3) is 0.571. The van der Waals surface area contributed by atoms with Crippen molar-refractivity contribution in [3.63, 3.8) is 0 Å². The van der Waals surface area contributed by atoms with E-state index < -0.39 is 17.9 Å². The second kappa shape index (κ2) is 6.25. The Bertz CT molecular complexity index is 688. The first-order chi connectivity index (χ1) is 11.4. The molecule has 1 aliphatic rings. The van der Waals surface area contributed by atoms with Crippen molar-refractivity contribution in [2.45, 2.75) is 38.0 Å². The van der Waals surface area contributed by atoms with Crippen LogP contribution in [0.2, 0.25) is 0 Å². The molecule has 10 heteroatoms. The number of piperidine rings is 1. The maximum Gasteiger partial charge on any atom is 0.435 e. The van der Waals surface area contributed by atoms with Crippen LogP contribution in [0.15, 0.2) is 24.9 Å². The molecule has 7 nitrogen and oxygen atoms in total. The fourth-order valence-electron chi connectivity index (χ4n) is 2.84. The molecule has 0 aliphatic carbocycles. The van der Waals surface area contributed by atoms with Crippen LogP contribution in [-0.2, 0) is 11.0 Å². The Labute approximate surface area is 136 Å². The molecule has 0 aromatic carbocycles. The van der Waals surface area contributed by atoms with E-state index in [1.165, 1.54) is 28.2 Å². The van der Waals surface area contributed by atoms with Crippen LogP contribution in [0.5, 0.6) is 0 Å². The second-order valence-electron chi connectivity index (χ2n) is 5.79. The van der Waals surface area contributed by atoms with Gasteiger partial charge in [0.15, 0.2) is 5.69 Å². The molecule has 0 N–H and O–H groups in total. The molecular formula is C14H17F3N6O. The molecule has 3 rings (SSSR count). The predicted octanol–water partition coefficient (Wildman–Crippen LogP) is 1.92. The van der Waals surface area contributed by atoms with E-state index >= 15 is 0 Å². The highest BCUT2D eigenvalue weighted by Gasteiger charge is 2.35. The molecule has 1 atom stereocenters. The third kappa shape index (κ3) is 3.26. The van der Waals surface area contributed by atoms with Crippen LogP contribution in [-0.4, -0.2) is 48.4 Å². The van der Waals surface area contributed by atoms with E-state index in [-0.39, 0.29) is 11.9 Å². The van der Waals surface area contributed by atoms with E-state index in [4.69, 9.17) is 0 Å². The lowest BCUT2D eigenvalue weighted by molar-refractivity contribution is -0.141. The number of halogens is 3. The number of hydrogen-bond acceptors (Lipinski definition) is 4. The lowest BCUT2D eigenvalue weighted by Crippen LogP contribution is -2.42. The quantitative estimate of drug-likeness (QED) is 0.855. The Morgan fingerprint density at radius 1 is 1.33 bits per heavy atom. The Morgan fingerprint density at radius 3 is 2.58 bits per heavy atom. The van der Waals surface area contributed by atoms with E-state index in [1.807, 2.05) is 0 Å². The van der Waals surface area contributed by atoms with Crippen molar-refractivity contribution in [1.82, 2.24) is 29.4 Å². The van der Waals surface area contributed by atoms with Gasteiger partial charge in [0.2, 0.25) is 5.91 Å². The van der Waals surface area contributed by atoms with E-state index in [0.717, 1.165) is 6.07 Å². The minimum Gasteiger partial charge on any atom is -0.341 e. The third-order valence-corrected chi connectivity index (χ3v) is 4.24. The van der Waals surface area contributed by atoms with E-state index in [9.17, 15) is 18.0 Å². The number of amides is 1. The molecule has 1 saturated heterocycles. The van der Waals surface area contributed by atoms with Gasteiger partial charge in [-0.25, -0.2) is 9.67 Å². The Morgan fingerprint density at radius 2 is 2.04 bits per heavy atom. The van der Waals surface area contributed by atoms with E-state index in [2.05, 4.69) is 15.2 Å². The fourth-order valence-corrected chi connectivity index (χ4v) is 2.84. The predicted molar refractivity (Wildman–Crippen MR) is 76.8 cm³/mol. The molecule has 1 fully saturated rings. The Kier molecular flexibility index (Phi) is 4.29. The largest absolute Gasteiger partial charge is 0.435 e. The molecule has 2 aromatic rings. The van der Waals surface area contributed by atoms with Crippen LogP contribution in [0.4, 0.5) is 13.2 Å². The molecule has 3 heterocycles. The maximum absolute atomic E-state index is 12.6. The van der Waals surface area contributed by atoms with Crippen molar-refractivity contribution in [3.8, 4) is 0 Å². The van der Waals surface area contributed by atoms with Gasteiger partial charge in [0.05, 0.1) is 6.04 Å². The molecule has 0 saturated carbocycles. The van der Waals surface area contributed by atoms with Gasteiger partial charge < -0.3 is 4.90 Å². The molecule has 1 amide bonds. The first-order valence-corrected chi connectivity index (χ1v) is 7.61. The highest BCUT2D eigenvalue weighted by molar-refractivity contribution is 5.80. The Hall–Kier alpha value is -2.39.